The number of benzene rings is 1. The summed E-state index contributed by atoms with van der Waals surface area (Å²) in [6.45, 7) is 2.18. The number of aliphatic imine (C=N–C) groups is 1. The summed E-state index contributed by atoms with van der Waals surface area (Å²) >= 11 is 0. The van der Waals surface area contributed by atoms with Crippen LogP contribution in [0.2, 0.25) is 0 Å². The smallest absolute Gasteiger partial charge is 0.118 e. The van der Waals surface area contributed by atoms with E-state index in [1.165, 1.54) is 31.2 Å². The molecule has 0 aromatic heterocycles. The maximum atomic E-state index is 5.68. The van der Waals surface area contributed by atoms with Gasteiger partial charge in [-0.25, -0.2) is 5.84 Å². The van der Waals surface area contributed by atoms with E-state index in [-0.39, 0.29) is 5.92 Å². The summed E-state index contributed by atoms with van der Waals surface area (Å²) in [4.78, 5) is 4.82. The lowest BCUT2D eigenvalue weighted by Crippen LogP contribution is -2.36. The average Bonchev–Trinajstić information content (AvgIpc) is 2.92. The Bertz CT molecular complexity index is 380. The van der Waals surface area contributed by atoms with Crippen LogP contribution in [0, 0.1) is 0 Å². The third kappa shape index (κ3) is 3.10. The van der Waals surface area contributed by atoms with Crippen molar-refractivity contribution in [1.82, 2.24) is 5.43 Å². The first kappa shape index (κ1) is 13.1. The molecule has 3 N–H and O–H groups in total. The Morgan fingerprint density at radius 2 is 2.00 bits per heavy atom. The topological polar surface area (TPSA) is 50.4 Å². The van der Waals surface area contributed by atoms with Crippen LogP contribution in [0.15, 0.2) is 35.3 Å². The first-order chi connectivity index (χ1) is 8.85. The van der Waals surface area contributed by atoms with Gasteiger partial charge in [0.2, 0.25) is 0 Å². The number of hydrogen-bond acceptors (Lipinski definition) is 2. The van der Waals surface area contributed by atoms with Crippen molar-refractivity contribution in [1.29, 1.82) is 0 Å². The van der Waals surface area contributed by atoms with Crippen molar-refractivity contribution in [2.45, 2.75) is 51.0 Å². The summed E-state index contributed by atoms with van der Waals surface area (Å²) in [7, 11) is 0. The van der Waals surface area contributed by atoms with E-state index in [1.54, 1.807) is 0 Å². The number of nitrogens with two attached hydrogens (primary N) is 1. The largest absolute Gasteiger partial charge is 0.312 e. The van der Waals surface area contributed by atoms with E-state index in [9.17, 15) is 0 Å². The minimum atomic E-state index is 0.289. The first-order valence-electron chi connectivity index (χ1n) is 6.94. The van der Waals surface area contributed by atoms with Gasteiger partial charge in [0.1, 0.15) is 5.84 Å². The summed E-state index contributed by atoms with van der Waals surface area (Å²) in [6, 6.07) is 10.9. The van der Waals surface area contributed by atoms with Crippen LogP contribution in [-0.2, 0) is 0 Å². The van der Waals surface area contributed by atoms with E-state index in [2.05, 4.69) is 36.6 Å². The van der Waals surface area contributed by atoms with Gasteiger partial charge in [-0.3, -0.25) is 4.99 Å². The Kier molecular flexibility index (Phi) is 4.76. The van der Waals surface area contributed by atoms with Gasteiger partial charge < -0.3 is 5.43 Å². The van der Waals surface area contributed by atoms with Crippen molar-refractivity contribution >= 4 is 5.84 Å². The molecule has 3 heteroatoms. The first-order valence-corrected chi connectivity index (χ1v) is 6.94. The number of nitrogens with zero attached hydrogens (tertiary/aromatic N) is 1. The van der Waals surface area contributed by atoms with Gasteiger partial charge in [-0.15, -0.1) is 0 Å². The van der Waals surface area contributed by atoms with Gasteiger partial charge in [0.15, 0.2) is 0 Å². The molecule has 1 fully saturated rings. The molecule has 1 saturated carbocycles. The molecule has 1 atom stereocenters. The third-order valence-corrected chi connectivity index (χ3v) is 3.73. The monoisotopic (exact) mass is 245 g/mol. The second kappa shape index (κ2) is 6.55. The van der Waals surface area contributed by atoms with Crippen molar-refractivity contribution < 1.29 is 0 Å². The molecular weight excluding hydrogens is 222 g/mol. The molecule has 0 bridgehead atoms. The second-order valence-electron chi connectivity index (χ2n) is 4.97. The lowest BCUT2D eigenvalue weighted by Gasteiger charge is -2.19. The molecule has 0 amide bonds. The van der Waals surface area contributed by atoms with E-state index in [0.29, 0.717) is 6.04 Å². The molecule has 2 rings (SSSR count). The highest BCUT2D eigenvalue weighted by molar-refractivity contribution is 5.88. The highest BCUT2D eigenvalue weighted by atomic mass is 15.3. The van der Waals surface area contributed by atoms with Crippen LogP contribution in [0.1, 0.15) is 50.5 Å². The molecule has 1 aromatic rings. The zero-order valence-corrected chi connectivity index (χ0v) is 11.1. The van der Waals surface area contributed by atoms with Gasteiger partial charge in [0.05, 0.1) is 6.04 Å². The van der Waals surface area contributed by atoms with Crippen LogP contribution in [0.25, 0.3) is 0 Å². The molecule has 0 heterocycles. The summed E-state index contributed by atoms with van der Waals surface area (Å²) in [5, 5.41) is 0. The predicted molar refractivity (Wildman–Crippen MR) is 76.5 cm³/mol. The van der Waals surface area contributed by atoms with Gasteiger partial charge in [0, 0.05) is 5.92 Å². The summed E-state index contributed by atoms with van der Waals surface area (Å²) < 4.78 is 0. The Labute approximate surface area is 109 Å². The number of amidine groups is 1. The fourth-order valence-corrected chi connectivity index (χ4v) is 2.73. The van der Waals surface area contributed by atoms with Gasteiger partial charge in [-0.05, 0) is 24.8 Å². The van der Waals surface area contributed by atoms with Crippen molar-refractivity contribution in [2.75, 3.05) is 0 Å². The summed E-state index contributed by atoms with van der Waals surface area (Å²) in [5.41, 5.74) is 4.12. The van der Waals surface area contributed by atoms with Crippen molar-refractivity contribution in [2.24, 2.45) is 10.8 Å². The van der Waals surface area contributed by atoms with Crippen molar-refractivity contribution in [3.8, 4) is 0 Å². The van der Waals surface area contributed by atoms with Crippen LogP contribution in [0.4, 0.5) is 0 Å². The van der Waals surface area contributed by atoms with Crippen LogP contribution in [0.5, 0.6) is 0 Å². The lowest BCUT2D eigenvalue weighted by molar-refractivity contribution is 0.681. The number of rotatable bonds is 4. The maximum Gasteiger partial charge on any atom is 0.118 e. The van der Waals surface area contributed by atoms with Crippen LogP contribution >= 0.6 is 0 Å². The minimum absolute atomic E-state index is 0.289. The molecule has 18 heavy (non-hydrogen) atoms. The number of hydrogen-bond donors (Lipinski definition) is 2. The Balaban J connectivity index is 2.18. The van der Waals surface area contributed by atoms with Gasteiger partial charge in [-0.1, -0.05) is 50.1 Å². The molecule has 1 aliphatic rings. The molecular formula is C15H23N3. The van der Waals surface area contributed by atoms with E-state index in [1.807, 2.05) is 6.07 Å². The molecule has 1 aliphatic carbocycles. The molecule has 0 radical (unpaired) electrons. The van der Waals surface area contributed by atoms with Gasteiger partial charge in [0.25, 0.3) is 0 Å². The SMILES string of the molecule is CCC(C(=NC1CCCC1)NN)c1ccccc1. The lowest BCUT2D eigenvalue weighted by atomic mass is 9.95. The average molecular weight is 245 g/mol. The zero-order chi connectivity index (χ0) is 12.8. The van der Waals surface area contributed by atoms with Gasteiger partial charge >= 0.3 is 0 Å². The quantitative estimate of drug-likeness (QED) is 0.371. The Hall–Kier alpha value is -1.35. The predicted octanol–water partition coefficient (Wildman–Crippen LogP) is 2.98. The highest BCUT2D eigenvalue weighted by Gasteiger charge is 2.19. The van der Waals surface area contributed by atoms with E-state index in [0.717, 1.165) is 12.3 Å². The normalized spacial score (nSPS) is 18.9. The fraction of sp³-hybridized carbons (Fsp3) is 0.533. The van der Waals surface area contributed by atoms with Gasteiger partial charge in [-0.2, -0.15) is 0 Å². The molecule has 3 nitrogen and oxygen atoms in total. The number of nitrogens with one attached hydrogen (secondary N) is 1. The molecule has 0 aliphatic heterocycles. The Morgan fingerprint density at radius 1 is 1.33 bits per heavy atom. The maximum absolute atomic E-state index is 5.68. The number of hydrazine groups is 1. The van der Waals surface area contributed by atoms with Crippen LogP contribution in [0.3, 0.4) is 0 Å². The second-order valence-corrected chi connectivity index (χ2v) is 4.97. The molecule has 1 unspecified atom stereocenters. The standard InChI is InChI=1S/C15H23N3/c1-2-14(12-8-4-3-5-9-12)15(18-16)17-13-10-6-7-11-13/h3-5,8-9,13-14H,2,6-7,10-11,16H2,1H3,(H,17,18). The Morgan fingerprint density at radius 3 is 2.56 bits per heavy atom. The van der Waals surface area contributed by atoms with Crippen molar-refractivity contribution in [3.05, 3.63) is 35.9 Å². The van der Waals surface area contributed by atoms with E-state index < -0.39 is 0 Å². The van der Waals surface area contributed by atoms with Crippen LogP contribution < -0.4 is 11.3 Å². The molecule has 0 spiro atoms. The fourth-order valence-electron chi connectivity index (χ4n) is 2.73. The zero-order valence-electron chi connectivity index (χ0n) is 11.1. The summed E-state index contributed by atoms with van der Waals surface area (Å²) in [6.07, 6.45) is 6.02. The van der Waals surface area contributed by atoms with Crippen LogP contribution in [-0.4, -0.2) is 11.9 Å². The highest BCUT2D eigenvalue weighted by Crippen LogP contribution is 2.25. The molecule has 1 aromatic carbocycles. The molecule has 98 valence electrons. The van der Waals surface area contributed by atoms with Crippen molar-refractivity contribution in [3.63, 3.8) is 0 Å². The molecule has 0 saturated heterocycles. The van der Waals surface area contributed by atoms with E-state index >= 15 is 0 Å². The minimum Gasteiger partial charge on any atom is -0.312 e. The van der Waals surface area contributed by atoms with E-state index in [4.69, 9.17) is 10.8 Å². The summed E-state index contributed by atoms with van der Waals surface area (Å²) in [5.74, 6) is 6.91. The third-order valence-electron chi connectivity index (χ3n) is 3.73.